The van der Waals surface area contributed by atoms with Crippen molar-refractivity contribution in [3.63, 3.8) is 0 Å². The van der Waals surface area contributed by atoms with Gasteiger partial charge in [0, 0.05) is 17.1 Å². The lowest BCUT2D eigenvalue weighted by atomic mass is 10.0. The number of aliphatic hydroxyl groups excluding tert-OH is 1. The molecule has 0 radical (unpaired) electrons. The van der Waals surface area contributed by atoms with Gasteiger partial charge in [-0.25, -0.2) is 0 Å². The number of piperidine rings is 1. The van der Waals surface area contributed by atoms with Gasteiger partial charge in [0.05, 0.1) is 0 Å². The van der Waals surface area contributed by atoms with Crippen LogP contribution in [-0.2, 0) is 0 Å². The van der Waals surface area contributed by atoms with Gasteiger partial charge >= 0.3 is 0 Å². The Kier molecular flexibility index (Phi) is 6.48. The monoisotopic (exact) mass is 356 g/mol. The van der Waals surface area contributed by atoms with Crippen LogP contribution in [0.3, 0.4) is 0 Å². The van der Waals surface area contributed by atoms with Crippen molar-refractivity contribution < 1.29 is 9.84 Å². The van der Waals surface area contributed by atoms with E-state index >= 15 is 0 Å². The zero-order valence-electron chi connectivity index (χ0n) is 12.8. The molecule has 1 saturated heterocycles. The van der Waals surface area contributed by atoms with Crippen LogP contribution in [0.25, 0.3) is 0 Å². The molecule has 4 nitrogen and oxygen atoms in total. The Balaban J connectivity index is 1.71. The summed E-state index contributed by atoms with van der Waals surface area (Å²) >= 11 is 3.39. The summed E-state index contributed by atoms with van der Waals surface area (Å²) in [6.45, 7) is 3.27. The van der Waals surface area contributed by atoms with E-state index in [4.69, 9.17) is 4.74 Å². The zero-order chi connectivity index (χ0) is 15.2. The number of aliphatic hydroxyl groups is 1. The van der Waals surface area contributed by atoms with Gasteiger partial charge in [-0.05, 0) is 64.3 Å². The first kappa shape index (κ1) is 16.7. The Labute approximate surface area is 135 Å². The van der Waals surface area contributed by atoms with E-state index in [2.05, 4.69) is 39.8 Å². The number of hydrogen-bond acceptors (Lipinski definition) is 4. The molecule has 0 saturated carbocycles. The molecule has 0 bridgehead atoms. The van der Waals surface area contributed by atoms with Crippen LogP contribution in [0.2, 0.25) is 0 Å². The van der Waals surface area contributed by atoms with Crippen molar-refractivity contribution in [3.8, 4) is 5.75 Å². The molecule has 1 aliphatic heterocycles. The molecule has 1 aliphatic rings. The number of halogens is 1. The molecule has 0 spiro atoms. The van der Waals surface area contributed by atoms with Crippen molar-refractivity contribution in [3.05, 3.63) is 28.7 Å². The molecule has 21 heavy (non-hydrogen) atoms. The maximum atomic E-state index is 10.1. The molecular weight excluding hydrogens is 332 g/mol. The Hall–Kier alpha value is -0.620. The molecule has 1 aromatic rings. The number of nitrogens with zero attached hydrogens (tertiary/aromatic N) is 2. The summed E-state index contributed by atoms with van der Waals surface area (Å²) in [5.74, 6) is 0.791. The zero-order valence-corrected chi connectivity index (χ0v) is 14.4. The summed E-state index contributed by atoms with van der Waals surface area (Å²) in [5, 5.41) is 10.1. The van der Waals surface area contributed by atoms with Crippen molar-refractivity contribution in [2.75, 3.05) is 40.3 Å². The largest absolute Gasteiger partial charge is 0.491 e. The maximum absolute atomic E-state index is 10.1. The Bertz CT molecular complexity index is 419. The predicted molar refractivity (Wildman–Crippen MR) is 88.8 cm³/mol. The van der Waals surface area contributed by atoms with Crippen molar-refractivity contribution in [1.82, 2.24) is 9.80 Å². The molecule has 0 unspecified atom stereocenters. The van der Waals surface area contributed by atoms with Gasteiger partial charge in [-0.3, -0.25) is 0 Å². The SMILES string of the molecule is CN1CCC(N(C)C[C@H](O)COc2ccc(Br)cc2)CC1. The fourth-order valence-electron chi connectivity index (χ4n) is 2.69. The van der Waals surface area contributed by atoms with Gasteiger partial charge in [-0.2, -0.15) is 0 Å². The van der Waals surface area contributed by atoms with Crippen molar-refractivity contribution >= 4 is 15.9 Å². The molecule has 1 fully saturated rings. The van der Waals surface area contributed by atoms with Crippen molar-refractivity contribution in [2.24, 2.45) is 0 Å². The third kappa shape index (κ3) is 5.58. The van der Waals surface area contributed by atoms with Crippen LogP contribution in [0.4, 0.5) is 0 Å². The van der Waals surface area contributed by atoms with Crippen LogP contribution in [0.5, 0.6) is 5.75 Å². The van der Waals surface area contributed by atoms with Gasteiger partial charge in [0.15, 0.2) is 0 Å². The summed E-state index contributed by atoms with van der Waals surface area (Å²) in [7, 11) is 4.26. The quantitative estimate of drug-likeness (QED) is 0.847. The third-order valence-electron chi connectivity index (χ3n) is 4.07. The molecular formula is C16H25BrN2O2. The highest BCUT2D eigenvalue weighted by atomic mass is 79.9. The predicted octanol–water partition coefficient (Wildman–Crippen LogP) is 2.21. The summed E-state index contributed by atoms with van der Waals surface area (Å²) in [6.07, 6.45) is 1.89. The summed E-state index contributed by atoms with van der Waals surface area (Å²) in [6, 6.07) is 8.25. The average Bonchev–Trinajstić information content (AvgIpc) is 2.47. The number of likely N-dealkylation sites (tertiary alicyclic amines) is 1. The van der Waals surface area contributed by atoms with E-state index in [0.717, 1.165) is 23.3 Å². The van der Waals surface area contributed by atoms with E-state index in [1.54, 1.807) is 0 Å². The Morgan fingerprint density at radius 1 is 1.33 bits per heavy atom. The highest BCUT2D eigenvalue weighted by Crippen LogP contribution is 2.17. The van der Waals surface area contributed by atoms with Crippen molar-refractivity contribution in [1.29, 1.82) is 0 Å². The van der Waals surface area contributed by atoms with Crippen LogP contribution in [0.15, 0.2) is 28.7 Å². The molecule has 1 heterocycles. The molecule has 5 heteroatoms. The minimum absolute atomic E-state index is 0.332. The second-order valence-corrected chi connectivity index (χ2v) is 6.81. The van der Waals surface area contributed by atoms with E-state index in [1.165, 1.54) is 12.8 Å². The first-order chi connectivity index (χ1) is 10.0. The topological polar surface area (TPSA) is 35.9 Å². The molecule has 118 valence electrons. The van der Waals surface area contributed by atoms with Crippen LogP contribution >= 0.6 is 15.9 Å². The van der Waals surface area contributed by atoms with Gasteiger partial charge in [0.1, 0.15) is 18.5 Å². The molecule has 0 amide bonds. The standard InChI is InChI=1S/C16H25BrN2O2/c1-18-9-7-14(8-10-18)19(2)11-15(20)12-21-16-5-3-13(17)4-6-16/h3-6,14-15,20H,7-12H2,1-2H3/t15-/m0/s1. The lowest BCUT2D eigenvalue weighted by molar-refractivity contribution is 0.0498. The molecule has 1 N–H and O–H groups in total. The average molecular weight is 357 g/mol. The van der Waals surface area contributed by atoms with Gasteiger partial charge < -0.3 is 19.6 Å². The van der Waals surface area contributed by atoms with Gasteiger partial charge in [-0.15, -0.1) is 0 Å². The fraction of sp³-hybridized carbons (Fsp3) is 0.625. The number of likely N-dealkylation sites (N-methyl/N-ethyl adjacent to an activating group) is 1. The fourth-order valence-corrected chi connectivity index (χ4v) is 2.96. The third-order valence-corrected chi connectivity index (χ3v) is 4.59. The number of ether oxygens (including phenoxy) is 1. The van der Waals surface area contributed by atoms with E-state index in [-0.39, 0.29) is 0 Å². The first-order valence-electron chi connectivity index (χ1n) is 7.50. The van der Waals surface area contributed by atoms with Crippen molar-refractivity contribution in [2.45, 2.75) is 25.0 Å². The van der Waals surface area contributed by atoms with E-state index < -0.39 is 6.10 Å². The second kappa shape index (κ2) is 8.13. The first-order valence-corrected chi connectivity index (χ1v) is 8.29. The molecule has 2 rings (SSSR count). The number of hydrogen-bond donors (Lipinski definition) is 1. The molecule has 0 aliphatic carbocycles. The van der Waals surface area contributed by atoms with Gasteiger partial charge in [0.25, 0.3) is 0 Å². The Morgan fingerprint density at radius 3 is 2.57 bits per heavy atom. The van der Waals surface area contributed by atoms with Crippen LogP contribution < -0.4 is 4.74 Å². The number of rotatable bonds is 6. The molecule has 0 aromatic heterocycles. The lowest BCUT2D eigenvalue weighted by Crippen LogP contribution is -2.45. The minimum Gasteiger partial charge on any atom is -0.491 e. The van der Waals surface area contributed by atoms with E-state index in [1.807, 2.05) is 24.3 Å². The number of benzene rings is 1. The van der Waals surface area contributed by atoms with Gasteiger partial charge in [0.2, 0.25) is 0 Å². The highest BCUT2D eigenvalue weighted by molar-refractivity contribution is 9.10. The van der Waals surface area contributed by atoms with Gasteiger partial charge in [-0.1, -0.05) is 15.9 Å². The van der Waals surface area contributed by atoms with Crippen LogP contribution in [0, 0.1) is 0 Å². The van der Waals surface area contributed by atoms with Crippen LogP contribution in [-0.4, -0.2) is 67.4 Å². The summed E-state index contributed by atoms with van der Waals surface area (Å²) in [5.41, 5.74) is 0. The minimum atomic E-state index is -0.460. The molecule has 1 atom stereocenters. The van der Waals surface area contributed by atoms with E-state index in [9.17, 15) is 5.11 Å². The normalized spacial score (nSPS) is 18.9. The Morgan fingerprint density at radius 2 is 1.95 bits per heavy atom. The van der Waals surface area contributed by atoms with Crippen LogP contribution in [0.1, 0.15) is 12.8 Å². The molecule has 1 aromatic carbocycles. The smallest absolute Gasteiger partial charge is 0.119 e. The summed E-state index contributed by atoms with van der Waals surface area (Å²) < 4.78 is 6.65. The van der Waals surface area contributed by atoms with E-state index in [0.29, 0.717) is 19.2 Å². The summed E-state index contributed by atoms with van der Waals surface area (Å²) in [4.78, 5) is 4.63. The second-order valence-electron chi connectivity index (χ2n) is 5.89. The maximum Gasteiger partial charge on any atom is 0.119 e. The highest BCUT2D eigenvalue weighted by Gasteiger charge is 2.22. The lowest BCUT2D eigenvalue weighted by Gasteiger charge is -2.35.